The average Bonchev–Trinajstić information content (AvgIpc) is 3.70. The van der Waals surface area contributed by atoms with Crippen molar-refractivity contribution in [1.29, 1.82) is 0 Å². The van der Waals surface area contributed by atoms with Crippen LogP contribution in [0.1, 0.15) is 66.3 Å². The van der Waals surface area contributed by atoms with Gasteiger partial charge in [0.25, 0.3) is 23.2 Å². The molecule has 270 valence electrons. The standard InChI is InChI=1S/C36H40N4O11/c1-7-10-24-15-23(4)37(20-24)34(41)27-17-32(48-5)33(19-29(27)40(46)47)51-13-9-12-50-31-18-28(39(44)45)26(14-22(31)3)35(42)38-21-25(11-8-2)16-30(38)36(43)49-6/h7-8,10-11,14,17-21,23,30H,9,12-13,15-16H2,1-6H3/b10-7+,11-8+/t23-,30+/m1/s1. The molecule has 2 atom stereocenters. The first-order valence-corrected chi connectivity index (χ1v) is 16.2. The number of esters is 1. The lowest BCUT2D eigenvalue weighted by Crippen LogP contribution is -2.39. The van der Waals surface area contributed by atoms with Crippen LogP contribution in [0, 0.1) is 27.2 Å². The Morgan fingerprint density at radius 2 is 1.33 bits per heavy atom. The second-order valence-electron chi connectivity index (χ2n) is 11.8. The molecule has 2 aromatic carbocycles. The molecule has 2 amide bonds. The Balaban J connectivity index is 1.46. The van der Waals surface area contributed by atoms with Crippen LogP contribution in [-0.2, 0) is 9.53 Å². The summed E-state index contributed by atoms with van der Waals surface area (Å²) in [6, 6.07) is 3.78. The average molecular weight is 705 g/mol. The van der Waals surface area contributed by atoms with Gasteiger partial charge in [-0.2, -0.15) is 0 Å². The molecule has 0 bridgehead atoms. The van der Waals surface area contributed by atoms with Gasteiger partial charge in [-0.15, -0.1) is 0 Å². The summed E-state index contributed by atoms with van der Waals surface area (Å²) in [4.78, 5) is 64.7. The first kappa shape index (κ1) is 37.8. The number of hydrogen-bond acceptors (Lipinski definition) is 11. The maximum atomic E-state index is 13.6. The molecule has 15 heteroatoms. The molecule has 51 heavy (non-hydrogen) atoms. The molecule has 0 unspecified atom stereocenters. The Hall–Kier alpha value is -5.99. The number of carbonyl (C=O) groups excluding carboxylic acids is 3. The van der Waals surface area contributed by atoms with E-state index in [1.54, 1.807) is 32.2 Å². The number of carbonyl (C=O) groups is 3. The van der Waals surface area contributed by atoms with Crippen molar-refractivity contribution in [3.05, 3.63) is 109 Å². The number of nitro benzene ring substituents is 2. The number of methoxy groups -OCH3 is 2. The van der Waals surface area contributed by atoms with Crippen molar-refractivity contribution in [2.75, 3.05) is 27.4 Å². The van der Waals surface area contributed by atoms with Crippen molar-refractivity contribution in [3.63, 3.8) is 0 Å². The molecule has 2 aliphatic heterocycles. The van der Waals surface area contributed by atoms with Crippen LogP contribution in [0.25, 0.3) is 0 Å². The van der Waals surface area contributed by atoms with Crippen LogP contribution in [-0.4, -0.2) is 76.9 Å². The molecule has 0 aliphatic carbocycles. The van der Waals surface area contributed by atoms with Crippen LogP contribution in [0.3, 0.4) is 0 Å². The zero-order chi connectivity index (χ0) is 37.4. The first-order chi connectivity index (χ1) is 24.3. The van der Waals surface area contributed by atoms with E-state index >= 15 is 0 Å². The molecule has 15 nitrogen and oxygen atoms in total. The summed E-state index contributed by atoms with van der Waals surface area (Å²) in [5, 5.41) is 24.1. The highest BCUT2D eigenvalue weighted by Crippen LogP contribution is 2.37. The van der Waals surface area contributed by atoms with Crippen LogP contribution in [0.4, 0.5) is 11.4 Å². The summed E-state index contributed by atoms with van der Waals surface area (Å²) >= 11 is 0. The lowest BCUT2D eigenvalue weighted by atomic mass is 10.1. The van der Waals surface area contributed by atoms with Crippen molar-refractivity contribution < 1.29 is 43.2 Å². The summed E-state index contributed by atoms with van der Waals surface area (Å²) in [5.41, 5.74) is 0.750. The lowest BCUT2D eigenvalue weighted by Gasteiger charge is -2.22. The monoisotopic (exact) mass is 704 g/mol. The second kappa shape index (κ2) is 16.6. The van der Waals surface area contributed by atoms with E-state index in [1.807, 2.05) is 26.0 Å². The minimum Gasteiger partial charge on any atom is -0.493 e. The zero-order valence-electron chi connectivity index (χ0n) is 29.2. The van der Waals surface area contributed by atoms with Gasteiger partial charge in [0.15, 0.2) is 11.5 Å². The predicted octanol–water partition coefficient (Wildman–Crippen LogP) is 6.21. The van der Waals surface area contributed by atoms with E-state index in [0.29, 0.717) is 17.6 Å². The van der Waals surface area contributed by atoms with Gasteiger partial charge < -0.3 is 23.8 Å². The van der Waals surface area contributed by atoms with E-state index < -0.39 is 45.0 Å². The second-order valence-corrected chi connectivity index (χ2v) is 11.8. The summed E-state index contributed by atoms with van der Waals surface area (Å²) in [7, 11) is 2.56. The third-order valence-electron chi connectivity index (χ3n) is 8.32. The fraction of sp³-hybridized carbons (Fsp3) is 0.361. The van der Waals surface area contributed by atoms with Crippen molar-refractivity contribution >= 4 is 29.2 Å². The lowest BCUT2D eigenvalue weighted by molar-refractivity contribution is -0.385. The van der Waals surface area contributed by atoms with E-state index in [-0.39, 0.29) is 60.5 Å². The summed E-state index contributed by atoms with van der Waals surface area (Å²) in [5.74, 6) is -1.59. The Morgan fingerprint density at radius 3 is 1.90 bits per heavy atom. The molecule has 4 rings (SSSR count). The molecule has 2 aromatic rings. The molecule has 0 N–H and O–H groups in total. The number of aryl methyl sites for hydroxylation is 1. The van der Waals surface area contributed by atoms with Gasteiger partial charge in [0.1, 0.15) is 22.9 Å². The number of nitrogens with zero attached hydrogens (tertiary/aromatic N) is 4. The number of allylic oxidation sites excluding steroid dienone is 4. The molecule has 0 fully saturated rings. The van der Waals surface area contributed by atoms with Gasteiger partial charge in [-0.3, -0.25) is 34.7 Å². The summed E-state index contributed by atoms with van der Waals surface area (Å²) < 4.78 is 21.9. The maximum absolute atomic E-state index is 13.6. The molecular formula is C36H40N4O11. The van der Waals surface area contributed by atoms with Crippen molar-refractivity contribution in [3.8, 4) is 17.2 Å². The van der Waals surface area contributed by atoms with Crippen molar-refractivity contribution in [2.24, 2.45) is 0 Å². The SMILES string of the molecule is C/C=C/C1=CN(C(=O)c2cc(OC)c(OCCCOc3cc([N+](=O)[O-])c(C(=O)N4C=C(/C=C/C)C[C@H]4C(=O)OC)cc3C)cc2[N+](=O)[O-])[C@H](C)C1. The predicted molar refractivity (Wildman–Crippen MR) is 186 cm³/mol. The fourth-order valence-corrected chi connectivity index (χ4v) is 5.88. The Bertz CT molecular complexity index is 1850. The molecule has 2 aliphatic rings. The third-order valence-corrected chi connectivity index (χ3v) is 8.32. The molecular weight excluding hydrogens is 664 g/mol. The Morgan fingerprint density at radius 1 is 0.804 bits per heavy atom. The van der Waals surface area contributed by atoms with Gasteiger partial charge in [0.2, 0.25) is 0 Å². The fourth-order valence-electron chi connectivity index (χ4n) is 5.88. The van der Waals surface area contributed by atoms with Crippen molar-refractivity contribution in [2.45, 2.75) is 59.0 Å². The van der Waals surface area contributed by atoms with E-state index in [9.17, 15) is 34.6 Å². The number of nitro groups is 2. The smallest absolute Gasteiger partial charge is 0.329 e. The van der Waals surface area contributed by atoms with E-state index in [1.165, 1.54) is 37.5 Å². The zero-order valence-corrected chi connectivity index (χ0v) is 29.2. The van der Waals surface area contributed by atoms with E-state index in [4.69, 9.17) is 18.9 Å². The quantitative estimate of drug-likeness (QED) is 0.0944. The van der Waals surface area contributed by atoms with Gasteiger partial charge >= 0.3 is 5.97 Å². The van der Waals surface area contributed by atoms with Crippen LogP contribution in [0.5, 0.6) is 17.2 Å². The molecule has 2 heterocycles. The minimum atomic E-state index is -0.969. The number of hydrogen-bond donors (Lipinski definition) is 0. The topological polar surface area (TPSA) is 181 Å². The number of ether oxygens (including phenoxy) is 4. The number of rotatable bonds is 14. The summed E-state index contributed by atoms with van der Waals surface area (Å²) in [6.07, 6.45) is 11.5. The van der Waals surface area contributed by atoms with E-state index in [2.05, 4.69) is 0 Å². The molecule has 0 radical (unpaired) electrons. The van der Waals surface area contributed by atoms with Crippen LogP contribution in [0.15, 0.2) is 72.1 Å². The van der Waals surface area contributed by atoms with Crippen LogP contribution in [0.2, 0.25) is 0 Å². The van der Waals surface area contributed by atoms with Gasteiger partial charge in [-0.25, -0.2) is 4.79 Å². The molecule has 0 spiro atoms. The molecule has 0 saturated heterocycles. The van der Waals surface area contributed by atoms with Gasteiger partial charge in [0, 0.05) is 37.3 Å². The normalized spacial score (nSPS) is 17.1. The maximum Gasteiger partial charge on any atom is 0.329 e. The Labute approximate surface area is 294 Å². The minimum absolute atomic E-state index is 0.0158. The summed E-state index contributed by atoms with van der Waals surface area (Å²) in [6.45, 7) is 7.19. The highest BCUT2D eigenvalue weighted by Gasteiger charge is 2.38. The number of amides is 2. The highest BCUT2D eigenvalue weighted by atomic mass is 16.6. The largest absolute Gasteiger partial charge is 0.493 e. The van der Waals surface area contributed by atoms with E-state index in [0.717, 1.165) is 22.6 Å². The van der Waals surface area contributed by atoms with Crippen LogP contribution < -0.4 is 14.2 Å². The highest BCUT2D eigenvalue weighted by molar-refractivity contribution is 6.02. The van der Waals surface area contributed by atoms with Crippen LogP contribution >= 0.6 is 0 Å². The van der Waals surface area contributed by atoms with Gasteiger partial charge in [0.05, 0.1) is 49.4 Å². The van der Waals surface area contributed by atoms with Crippen molar-refractivity contribution in [1.82, 2.24) is 9.80 Å². The molecule has 0 saturated carbocycles. The first-order valence-electron chi connectivity index (χ1n) is 16.2. The van der Waals surface area contributed by atoms with Gasteiger partial charge in [-0.05, 0) is 56.9 Å². The Kier molecular flexibility index (Phi) is 12.3. The van der Waals surface area contributed by atoms with Gasteiger partial charge in [-0.1, -0.05) is 24.3 Å². The number of benzene rings is 2. The third kappa shape index (κ3) is 8.43. The molecule has 0 aromatic heterocycles.